The fraction of sp³-hybridized carbons (Fsp3) is 0.364. The topological polar surface area (TPSA) is 38.4 Å². The van der Waals surface area contributed by atoms with Crippen molar-refractivity contribution in [2.75, 3.05) is 0 Å². The second-order valence-corrected chi connectivity index (χ2v) is 3.21. The van der Waals surface area contributed by atoms with E-state index in [0.717, 1.165) is 17.8 Å². The first-order valence-electron chi connectivity index (χ1n) is 4.56. The van der Waals surface area contributed by atoms with Crippen LogP contribution in [0.2, 0.25) is 0 Å². The molecule has 0 saturated heterocycles. The molecule has 2 nitrogen and oxygen atoms in total. The smallest absolute Gasteiger partial charge is 0.0607 e. The van der Waals surface area contributed by atoms with Gasteiger partial charge in [-0.2, -0.15) is 0 Å². The lowest BCUT2D eigenvalue weighted by Crippen LogP contribution is -2.11. The van der Waals surface area contributed by atoms with E-state index in [1.54, 1.807) is 6.21 Å². The Labute approximate surface area is 79.5 Å². The van der Waals surface area contributed by atoms with E-state index < -0.39 is 0 Å². The van der Waals surface area contributed by atoms with Crippen LogP contribution in [0.4, 0.5) is 0 Å². The number of hydrogen-bond donors (Lipinski definition) is 1. The summed E-state index contributed by atoms with van der Waals surface area (Å²) < 4.78 is 0. The van der Waals surface area contributed by atoms with Gasteiger partial charge in [0, 0.05) is 11.9 Å². The second kappa shape index (κ2) is 4.65. The standard InChI is InChI=1S/C11H16N2/c1-3-4-7-13-10-6-5-9(2)11(12)8-10/h3-4,6-9H,5,12H2,1-2H3/b4-3-,13-7?. The number of hydrogen-bond acceptors (Lipinski definition) is 2. The van der Waals surface area contributed by atoms with E-state index in [9.17, 15) is 0 Å². The van der Waals surface area contributed by atoms with Crippen LogP contribution in [0.25, 0.3) is 0 Å². The molecule has 1 rings (SSSR count). The summed E-state index contributed by atoms with van der Waals surface area (Å²) in [5, 5.41) is 0. The number of aliphatic imine (C=N–C) groups is 1. The van der Waals surface area contributed by atoms with Crippen molar-refractivity contribution in [2.45, 2.75) is 20.3 Å². The van der Waals surface area contributed by atoms with E-state index in [0.29, 0.717) is 5.92 Å². The van der Waals surface area contributed by atoms with Gasteiger partial charge in [-0.25, -0.2) is 0 Å². The molecule has 1 atom stereocenters. The molecule has 0 bridgehead atoms. The predicted molar refractivity (Wildman–Crippen MR) is 57.4 cm³/mol. The summed E-state index contributed by atoms with van der Waals surface area (Å²) in [6.07, 6.45) is 10.7. The van der Waals surface area contributed by atoms with Gasteiger partial charge in [0.15, 0.2) is 0 Å². The number of nitrogens with two attached hydrogens (primary N) is 1. The molecule has 0 aliphatic heterocycles. The van der Waals surface area contributed by atoms with Crippen LogP contribution < -0.4 is 5.73 Å². The Morgan fingerprint density at radius 2 is 2.38 bits per heavy atom. The predicted octanol–water partition coefficient (Wildman–Crippen LogP) is 2.40. The largest absolute Gasteiger partial charge is 0.402 e. The first-order valence-corrected chi connectivity index (χ1v) is 4.56. The van der Waals surface area contributed by atoms with E-state index in [4.69, 9.17) is 5.73 Å². The minimum Gasteiger partial charge on any atom is -0.402 e. The average Bonchev–Trinajstić information content (AvgIpc) is 2.12. The van der Waals surface area contributed by atoms with Gasteiger partial charge in [-0.1, -0.05) is 19.1 Å². The maximum atomic E-state index is 5.80. The molecule has 0 saturated carbocycles. The Hall–Kier alpha value is -1.31. The molecule has 0 aromatic heterocycles. The molecule has 0 radical (unpaired) electrons. The van der Waals surface area contributed by atoms with E-state index in [1.165, 1.54) is 0 Å². The Bertz CT molecular complexity index is 282. The number of nitrogens with zero attached hydrogens (tertiary/aromatic N) is 1. The van der Waals surface area contributed by atoms with Crippen molar-refractivity contribution in [3.05, 3.63) is 35.7 Å². The summed E-state index contributed by atoms with van der Waals surface area (Å²) in [4.78, 5) is 4.25. The molecule has 0 aromatic rings. The molecule has 0 heterocycles. The third kappa shape index (κ3) is 2.90. The summed E-state index contributed by atoms with van der Waals surface area (Å²) >= 11 is 0. The minimum atomic E-state index is 0.459. The van der Waals surface area contributed by atoms with Crippen LogP contribution in [0, 0.1) is 5.92 Å². The lowest BCUT2D eigenvalue weighted by Gasteiger charge is -2.14. The highest BCUT2D eigenvalue weighted by Gasteiger charge is 2.08. The zero-order valence-corrected chi connectivity index (χ0v) is 8.20. The number of allylic oxidation sites excluding steroid dienone is 5. The van der Waals surface area contributed by atoms with E-state index in [2.05, 4.69) is 18.0 Å². The van der Waals surface area contributed by atoms with Gasteiger partial charge in [0.2, 0.25) is 0 Å². The second-order valence-electron chi connectivity index (χ2n) is 3.21. The fourth-order valence-electron chi connectivity index (χ4n) is 1.11. The highest BCUT2D eigenvalue weighted by atomic mass is 14.7. The molecule has 13 heavy (non-hydrogen) atoms. The van der Waals surface area contributed by atoms with E-state index >= 15 is 0 Å². The maximum absolute atomic E-state index is 5.80. The van der Waals surface area contributed by atoms with Crippen LogP contribution >= 0.6 is 0 Å². The molecule has 1 aliphatic rings. The van der Waals surface area contributed by atoms with Crippen LogP contribution in [0.15, 0.2) is 40.7 Å². The summed E-state index contributed by atoms with van der Waals surface area (Å²) in [6.45, 7) is 4.09. The third-order valence-corrected chi connectivity index (χ3v) is 2.07. The van der Waals surface area contributed by atoms with Crippen molar-refractivity contribution in [2.24, 2.45) is 16.6 Å². The monoisotopic (exact) mass is 176 g/mol. The zero-order valence-electron chi connectivity index (χ0n) is 8.20. The van der Waals surface area contributed by atoms with Crippen molar-refractivity contribution >= 4 is 6.21 Å². The number of rotatable bonds is 2. The van der Waals surface area contributed by atoms with Gasteiger partial charge in [0.05, 0.1) is 5.70 Å². The van der Waals surface area contributed by atoms with Crippen LogP contribution in [0.5, 0.6) is 0 Å². The van der Waals surface area contributed by atoms with Crippen LogP contribution in [-0.2, 0) is 0 Å². The molecule has 1 aliphatic carbocycles. The lowest BCUT2D eigenvalue weighted by atomic mass is 9.98. The normalized spacial score (nSPS) is 23.7. The van der Waals surface area contributed by atoms with Gasteiger partial charge in [0.1, 0.15) is 0 Å². The summed E-state index contributed by atoms with van der Waals surface area (Å²) in [5.74, 6) is 0.459. The fourth-order valence-corrected chi connectivity index (χ4v) is 1.11. The zero-order chi connectivity index (χ0) is 9.68. The SMILES string of the molecule is C/C=C\C=NC1=CCC(C)C(N)=C1. The molecule has 0 spiro atoms. The van der Waals surface area contributed by atoms with Crippen molar-refractivity contribution in [3.63, 3.8) is 0 Å². The molecule has 0 fully saturated rings. The molecule has 2 N–H and O–H groups in total. The first-order chi connectivity index (χ1) is 6.24. The van der Waals surface area contributed by atoms with Gasteiger partial charge in [-0.15, -0.1) is 0 Å². The van der Waals surface area contributed by atoms with Gasteiger partial charge < -0.3 is 5.73 Å². The third-order valence-electron chi connectivity index (χ3n) is 2.07. The van der Waals surface area contributed by atoms with Crippen molar-refractivity contribution in [3.8, 4) is 0 Å². The minimum absolute atomic E-state index is 0.459. The summed E-state index contributed by atoms with van der Waals surface area (Å²) in [5.41, 5.74) is 7.69. The van der Waals surface area contributed by atoms with Crippen LogP contribution in [0.3, 0.4) is 0 Å². The molecule has 0 amide bonds. The quantitative estimate of drug-likeness (QED) is 0.645. The van der Waals surface area contributed by atoms with Gasteiger partial charge in [-0.05, 0) is 31.4 Å². The van der Waals surface area contributed by atoms with Crippen molar-refractivity contribution in [1.82, 2.24) is 0 Å². The van der Waals surface area contributed by atoms with E-state index in [1.807, 2.05) is 25.2 Å². The summed E-state index contributed by atoms with van der Waals surface area (Å²) in [6, 6.07) is 0. The summed E-state index contributed by atoms with van der Waals surface area (Å²) in [7, 11) is 0. The molecular formula is C11H16N2. The Morgan fingerprint density at radius 3 is 3.00 bits per heavy atom. The molecule has 1 unspecified atom stereocenters. The Kier molecular flexibility index (Phi) is 3.50. The molecular weight excluding hydrogens is 160 g/mol. The molecule has 70 valence electrons. The molecule has 0 aromatic carbocycles. The van der Waals surface area contributed by atoms with Gasteiger partial charge in [-0.3, -0.25) is 4.99 Å². The Balaban J connectivity index is 2.64. The highest BCUT2D eigenvalue weighted by molar-refractivity contribution is 5.72. The Morgan fingerprint density at radius 1 is 1.62 bits per heavy atom. The van der Waals surface area contributed by atoms with E-state index in [-0.39, 0.29) is 0 Å². The van der Waals surface area contributed by atoms with Crippen molar-refractivity contribution < 1.29 is 0 Å². The van der Waals surface area contributed by atoms with Crippen LogP contribution in [0.1, 0.15) is 20.3 Å². The molecule has 2 heteroatoms. The van der Waals surface area contributed by atoms with Gasteiger partial charge in [0.25, 0.3) is 0 Å². The maximum Gasteiger partial charge on any atom is 0.0607 e. The average molecular weight is 176 g/mol. The van der Waals surface area contributed by atoms with Gasteiger partial charge >= 0.3 is 0 Å². The lowest BCUT2D eigenvalue weighted by molar-refractivity contribution is 0.671. The highest BCUT2D eigenvalue weighted by Crippen LogP contribution is 2.19. The van der Waals surface area contributed by atoms with Crippen molar-refractivity contribution in [1.29, 1.82) is 0 Å². The first kappa shape index (κ1) is 9.78. The van der Waals surface area contributed by atoms with Crippen LogP contribution in [-0.4, -0.2) is 6.21 Å².